The number of amides is 2. The van der Waals surface area contributed by atoms with Crippen molar-refractivity contribution in [2.45, 2.75) is 24.4 Å². The zero-order chi connectivity index (χ0) is 28.8. The second-order valence-corrected chi connectivity index (χ2v) is 9.92. The number of likely N-dealkylation sites (tertiary alicyclic amines) is 1. The largest absolute Gasteiger partial charge is 0.416 e. The summed E-state index contributed by atoms with van der Waals surface area (Å²) in [5, 5.41) is 14.4. The van der Waals surface area contributed by atoms with E-state index in [2.05, 4.69) is 21.6 Å². The molecule has 3 aromatic rings. The van der Waals surface area contributed by atoms with E-state index < -0.39 is 29.0 Å². The van der Waals surface area contributed by atoms with Crippen molar-refractivity contribution in [2.24, 2.45) is 0 Å². The summed E-state index contributed by atoms with van der Waals surface area (Å²) >= 11 is 0. The molecule has 4 rings (SSSR count). The SMILES string of the molecule is COCCN1CCC(CNC(=O)Nc2cc(F)cc(C(F)(F)F)c2)(c2ccc(-c3cccc(C#N)c3)cc2)CC1. The molecule has 0 radical (unpaired) electrons. The normalized spacial score (nSPS) is 15.3. The number of ether oxygens (including phenoxy) is 1. The molecule has 0 aromatic heterocycles. The number of carbonyl (C=O) groups is 1. The number of nitriles is 1. The van der Waals surface area contributed by atoms with Crippen LogP contribution in [-0.2, 0) is 16.3 Å². The maximum Gasteiger partial charge on any atom is 0.416 e. The van der Waals surface area contributed by atoms with Crippen molar-refractivity contribution >= 4 is 11.7 Å². The molecule has 1 heterocycles. The summed E-state index contributed by atoms with van der Waals surface area (Å²) < 4.78 is 58.2. The standard InChI is InChI=1S/C30H30F4N4O2/c1-40-14-13-38-11-9-29(10-12-38,24-7-5-22(6-8-24)23-4-2-3-21(15-23)19-35)20-36-28(39)37-27-17-25(30(32,33)34)16-26(31)18-27/h2-8,15-18H,9-14,20H2,1H3,(H2,36,37,39). The lowest BCUT2D eigenvalue weighted by atomic mass is 9.72. The van der Waals surface area contributed by atoms with E-state index in [4.69, 9.17) is 4.74 Å². The molecule has 210 valence electrons. The number of nitrogens with zero attached hydrogens (tertiary/aromatic N) is 2. The van der Waals surface area contributed by atoms with E-state index in [9.17, 15) is 27.6 Å². The number of anilines is 1. The van der Waals surface area contributed by atoms with Crippen molar-refractivity contribution in [1.82, 2.24) is 10.2 Å². The van der Waals surface area contributed by atoms with Gasteiger partial charge in [0.25, 0.3) is 0 Å². The topological polar surface area (TPSA) is 77.4 Å². The summed E-state index contributed by atoms with van der Waals surface area (Å²) in [6, 6.07) is 18.7. The third-order valence-electron chi connectivity index (χ3n) is 7.32. The lowest BCUT2D eigenvalue weighted by Crippen LogP contribution is -2.50. The molecular formula is C30H30F4N4O2. The highest BCUT2D eigenvalue weighted by Crippen LogP contribution is 2.36. The molecule has 1 fully saturated rings. The lowest BCUT2D eigenvalue weighted by molar-refractivity contribution is -0.137. The van der Waals surface area contributed by atoms with Crippen LogP contribution in [0.2, 0.25) is 0 Å². The quantitative estimate of drug-likeness (QED) is 0.326. The monoisotopic (exact) mass is 554 g/mol. The van der Waals surface area contributed by atoms with Crippen LogP contribution in [0.15, 0.2) is 66.7 Å². The fourth-order valence-corrected chi connectivity index (χ4v) is 5.03. The van der Waals surface area contributed by atoms with Gasteiger partial charge in [0.2, 0.25) is 0 Å². The molecule has 0 unspecified atom stereocenters. The first-order valence-corrected chi connectivity index (χ1v) is 12.9. The van der Waals surface area contributed by atoms with Gasteiger partial charge in [0.15, 0.2) is 0 Å². The van der Waals surface area contributed by atoms with Crippen molar-refractivity contribution in [3.8, 4) is 17.2 Å². The predicted octanol–water partition coefficient (Wildman–Crippen LogP) is 6.18. The van der Waals surface area contributed by atoms with Crippen LogP contribution in [-0.4, -0.2) is 50.8 Å². The van der Waals surface area contributed by atoms with Gasteiger partial charge >= 0.3 is 12.2 Å². The van der Waals surface area contributed by atoms with Crippen LogP contribution in [0.25, 0.3) is 11.1 Å². The number of hydrogen-bond donors (Lipinski definition) is 2. The Morgan fingerprint density at radius 2 is 1.77 bits per heavy atom. The molecule has 0 bridgehead atoms. The highest BCUT2D eigenvalue weighted by atomic mass is 19.4. The van der Waals surface area contributed by atoms with Gasteiger partial charge in [-0.2, -0.15) is 18.4 Å². The molecule has 0 saturated carbocycles. The summed E-state index contributed by atoms with van der Waals surface area (Å²) in [5.41, 5.74) is 1.57. The van der Waals surface area contributed by atoms with Crippen molar-refractivity contribution < 1.29 is 27.1 Å². The summed E-state index contributed by atoms with van der Waals surface area (Å²) in [6.07, 6.45) is -3.27. The van der Waals surface area contributed by atoms with E-state index >= 15 is 0 Å². The van der Waals surface area contributed by atoms with Gasteiger partial charge in [0.1, 0.15) is 5.82 Å². The number of urea groups is 1. The minimum Gasteiger partial charge on any atom is -0.383 e. The molecule has 0 spiro atoms. The first-order valence-electron chi connectivity index (χ1n) is 12.9. The van der Waals surface area contributed by atoms with Crippen LogP contribution in [0.4, 0.5) is 28.0 Å². The molecule has 2 amide bonds. The van der Waals surface area contributed by atoms with E-state index in [1.165, 1.54) is 0 Å². The van der Waals surface area contributed by atoms with Gasteiger partial charge in [-0.15, -0.1) is 0 Å². The molecule has 0 aliphatic carbocycles. The highest BCUT2D eigenvalue weighted by molar-refractivity contribution is 5.89. The number of alkyl halides is 3. The smallest absolute Gasteiger partial charge is 0.383 e. The Balaban J connectivity index is 1.52. The van der Waals surface area contributed by atoms with E-state index in [0.717, 1.165) is 55.2 Å². The third kappa shape index (κ3) is 7.17. The van der Waals surface area contributed by atoms with Crippen LogP contribution in [0.5, 0.6) is 0 Å². The highest BCUT2D eigenvalue weighted by Gasteiger charge is 2.37. The van der Waals surface area contributed by atoms with E-state index in [0.29, 0.717) is 24.3 Å². The zero-order valence-corrected chi connectivity index (χ0v) is 22.0. The Hall–Kier alpha value is -3.94. The molecule has 40 heavy (non-hydrogen) atoms. The molecule has 6 nitrogen and oxygen atoms in total. The van der Waals surface area contributed by atoms with E-state index in [1.807, 2.05) is 42.5 Å². The Morgan fingerprint density at radius 3 is 2.42 bits per heavy atom. The van der Waals surface area contributed by atoms with Crippen molar-refractivity contribution in [1.29, 1.82) is 5.26 Å². The average Bonchev–Trinajstić information content (AvgIpc) is 2.95. The zero-order valence-electron chi connectivity index (χ0n) is 22.0. The Bertz CT molecular complexity index is 1360. The van der Waals surface area contributed by atoms with Gasteiger partial charge in [0, 0.05) is 31.3 Å². The molecular weight excluding hydrogens is 524 g/mol. The third-order valence-corrected chi connectivity index (χ3v) is 7.32. The molecule has 10 heteroatoms. The number of halogens is 4. The number of rotatable bonds is 8. The average molecular weight is 555 g/mol. The number of piperidine rings is 1. The minimum atomic E-state index is -4.74. The summed E-state index contributed by atoms with van der Waals surface area (Å²) in [7, 11) is 1.65. The lowest BCUT2D eigenvalue weighted by Gasteiger charge is -2.42. The summed E-state index contributed by atoms with van der Waals surface area (Å²) in [5.74, 6) is -1.09. The minimum absolute atomic E-state index is 0.238. The molecule has 1 saturated heterocycles. The molecule has 1 aliphatic heterocycles. The Morgan fingerprint density at radius 1 is 1.05 bits per heavy atom. The number of hydrogen-bond acceptors (Lipinski definition) is 4. The molecule has 1 aliphatic rings. The number of methoxy groups -OCH3 is 1. The first-order chi connectivity index (χ1) is 19.1. The maximum atomic E-state index is 13.8. The number of benzene rings is 3. The summed E-state index contributed by atoms with van der Waals surface area (Å²) in [4.78, 5) is 15.0. The molecule has 0 atom stereocenters. The van der Waals surface area contributed by atoms with Crippen LogP contribution < -0.4 is 10.6 Å². The van der Waals surface area contributed by atoms with Crippen LogP contribution >= 0.6 is 0 Å². The molecule has 3 aromatic carbocycles. The van der Waals surface area contributed by atoms with E-state index in [1.54, 1.807) is 13.2 Å². The van der Waals surface area contributed by atoms with E-state index in [-0.39, 0.29) is 12.2 Å². The van der Waals surface area contributed by atoms with Gasteiger partial charge in [-0.3, -0.25) is 0 Å². The van der Waals surface area contributed by atoms with Crippen molar-refractivity contribution in [2.75, 3.05) is 45.2 Å². The fraction of sp³-hybridized carbons (Fsp3) is 0.333. The van der Waals surface area contributed by atoms with Gasteiger partial charge in [-0.25, -0.2) is 9.18 Å². The fourth-order valence-electron chi connectivity index (χ4n) is 5.03. The molecule has 2 N–H and O–H groups in total. The van der Waals surface area contributed by atoms with Gasteiger partial charge in [0.05, 0.1) is 23.8 Å². The van der Waals surface area contributed by atoms with Crippen LogP contribution in [0, 0.1) is 17.1 Å². The maximum absolute atomic E-state index is 13.8. The van der Waals surface area contributed by atoms with Gasteiger partial charge in [-0.1, -0.05) is 36.4 Å². The van der Waals surface area contributed by atoms with Crippen molar-refractivity contribution in [3.05, 3.63) is 89.2 Å². The second kappa shape index (κ2) is 12.5. The Kier molecular flexibility index (Phi) is 9.07. The summed E-state index contributed by atoms with van der Waals surface area (Å²) in [6.45, 7) is 3.18. The first kappa shape index (κ1) is 29.1. The second-order valence-electron chi connectivity index (χ2n) is 9.92. The van der Waals surface area contributed by atoms with Gasteiger partial charge < -0.3 is 20.3 Å². The van der Waals surface area contributed by atoms with Gasteiger partial charge in [-0.05, 0) is 73.0 Å². The Labute approximate surface area is 230 Å². The number of carbonyl (C=O) groups excluding carboxylic acids is 1. The predicted molar refractivity (Wildman–Crippen MR) is 144 cm³/mol. The van der Waals surface area contributed by atoms with Crippen LogP contribution in [0.3, 0.4) is 0 Å². The van der Waals surface area contributed by atoms with Crippen LogP contribution in [0.1, 0.15) is 29.5 Å². The van der Waals surface area contributed by atoms with Crippen molar-refractivity contribution in [3.63, 3.8) is 0 Å². The number of nitrogens with one attached hydrogen (secondary N) is 2.